The smallest absolute Gasteiger partial charge is 0.264 e. The number of rotatable bonds is 13. The summed E-state index contributed by atoms with van der Waals surface area (Å²) in [4.78, 5) is 12.8. The molecule has 0 aliphatic carbocycles. The average molecular weight is 578 g/mol. The van der Waals surface area contributed by atoms with E-state index in [0.717, 1.165) is 26.7 Å². The van der Waals surface area contributed by atoms with E-state index in [9.17, 15) is 13.2 Å². The standard InChI is InChI=1S/C26H29BrN2O4S2/c1-2-33-24-13-11-23(12-14-24)29(35(31,32)25-15-9-22(27)10-16-25)19-26(30)28-17-6-18-34-20-21-7-4-3-5-8-21/h3-5,7-16H,2,6,17-20H2,1H3,(H,28,30). The van der Waals surface area contributed by atoms with Crippen molar-refractivity contribution in [2.75, 3.05) is 29.8 Å². The average Bonchev–Trinajstić information content (AvgIpc) is 2.86. The molecule has 0 aromatic heterocycles. The van der Waals surface area contributed by atoms with Crippen LogP contribution in [0.2, 0.25) is 0 Å². The molecule has 1 N–H and O–H groups in total. The number of hydrogen-bond donors (Lipinski definition) is 1. The van der Waals surface area contributed by atoms with Gasteiger partial charge in [-0.05, 0) is 73.2 Å². The van der Waals surface area contributed by atoms with E-state index in [0.29, 0.717) is 24.6 Å². The van der Waals surface area contributed by atoms with Crippen molar-refractivity contribution in [1.82, 2.24) is 5.32 Å². The van der Waals surface area contributed by atoms with Gasteiger partial charge in [-0.25, -0.2) is 8.42 Å². The predicted octanol–water partition coefficient (Wildman–Crippen LogP) is 5.48. The van der Waals surface area contributed by atoms with Crippen molar-refractivity contribution in [3.63, 3.8) is 0 Å². The number of nitrogens with one attached hydrogen (secondary N) is 1. The Kier molecular flexibility index (Phi) is 10.5. The van der Waals surface area contributed by atoms with Gasteiger partial charge in [0.15, 0.2) is 0 Å². The lowest BCUT2D eigenvalue weighted by Gasteiger charge is -2.24. The highest BCUT2D eigenvalue weighted by molar-refractivity contribution is 9.10. The molecule has 186 valence electrons. The largest absolute Gasteiger partial charge is 0.494 e. The summed E-state index contributed by atoms with van der Waals surface area (Å²) in [6.07, 6.45) is 0.797. The van der Waals surface area contributed by atoms with Crippen LogP contribution in [0, 0.1) is 0 Å². The van der Waals surface area contributed by atoms with Gasteiger partial charge in [0.05, 0.1) is 17.2 Å². The summed E-state index contributed by atoms with van der Waals surface area (Å²) >= 11 is 5.13. The van der Waals surface area contributed by atoms with E-state index in [1.807, 2.05) is 25.1 Å². The van der Waals surface area contributed by atoms with Crippen LogP contribution in [0.4, 0.5) is 5.69 Å². The Labute approximate surface area is 220 Å². The van der Waals surface area contributed by atoms with E-state index >= 15 is 0 Å². The van der Waals surface area contributed by atoms with Crippen LogP contribution in [-0.2, 0) is 20.6 Å². The molecule has 3 aromatic carbocycles. The second-order valence-corrected chi connectivity index (χ2v) is 11.5. The minimum atomic E-state index is -3.95. The zero-order chi connectivity index (χ0) is 25.1. The van der Waals surface area contributed by atoms with Gasteiger partial charge in [-0.2, -0.15) is 11.8 Å². The summed E-state index contributed by atoms with van der Waals surface area (Å²) in [7, 11) is -3.95. The molecule has 6 nitrogen and oxygen atoms in total. The zero-order valence-electron chi connectivity index (χ0n) is 19.5. The molecule has 0 bridgehead atoms. The first kappa shape index (κ1) is 27.1. The quantitative estimate of drug-likeness (QED) is 0.272. The normalized spacial score (nSPS) is 11.1. The van der Waals surface area contributed by atoms with Crippen molar-refractivity contribution in [2.45, 2.75) is 24.0 Å². The molecule has 1 amide bonds. The van der Waals surface area contributed by atoms with Crippen LogP contribution in [0.1, 0.15) is 18.9 Å². The highest BCUT2D eigenvalue weighted by Crippen LogP contribution is 2.26. The van der Waals surface area contributed by atoms with Gasteiger partial charge >= 0.3 is 0 Å². The molecule has 3 rings (SSSR count). The maximum absolute atomic E-state index is 13.4. The first-order valence-electron chi connectivity index (χ1n) is 11.3. The molecule has 3 aromatic rings. The number of ether oxygens (including phenoxy) is 1. The Balaban J connectivity index is 1.62. The zero-order valence-corrected chi connectivity index (χ0v) is 22.7. The third-order valence-corrected chi connectivity index (χ3v) is 8.46. The summed E-state index contributed by atoms with van der Waals surface area (Å²) in [5.74, 6) is 2.10. The number of carbonyl (C=O) groups excluding carboxylic acids is 1. The Bertz CT molecular complexity index is 1170. The number of hydrogen-bond acceptors (Lipinski definition) is 5. The fraction of sp³-hybridized carbons (Fsp3) is 0.269. The SMILES string of the molecule is CCOc1ccc(N(CC(=O)NCCCSCc2ccccc2)S(=O)(=O)c2ccc(Br)cc2)cc1. The highest BCUT2D eigenvalue weighted by Gasteiger charge is 2.27. The lowest BCUT2D eigenvalue weighted by atomic mass is 10.2. The first-order chi connectivity index (χ1) is 16.9. The first-order valence-corrected chi connectivity index (χ1v) is 14.7. The number of thioether (sulfide) groups is 1. The molecule has 0 spiro atoms. The minimum Gasteiger partial charge on any atom is -0.494 e. The second kappa shape index (κ2) is 13.6. The van der Waals surface area contributed by atoms with Crippen LogP contribution in [0.15, 0.2) is 88.2 Å². The molecule has 0 aliphatic rings. The van der Waals surface area contributed by atoms with Gasteiger partial charge < -0.3 is 10.1 Å². The number of carbonyl (C=O) groups is 1. The second-order valence-electron chi connectivity index (χ2n) is 7.63. The van der Waals surface area contributed by atoms with Crippen molar-refractivity contribution in [3.8, 4) is 5.75 Å². The Morgan fingerprint density at radius 2 is 1.69 bits per heavy atom. The molecular weight excluding hydrogens is 548 g/mol. The molecule has 0 fully saturated rings. The third-order valence-electron chi connectivity index (χ3n) is 5.02. The molecule has 0 unspecified atom stereocenters. The van der Waals surface area contributed by atoms with Crippen LogP contribution in [-0.4, -0.2) is 39.8 Å². The highest BCUT2D eigenvalue weighted by atomic mass is 79.9. The van der Waals surface area contributed by atoms with E-state index in [1.54, 1.807) is 48.2 Å². The van der Waals surface area contributed by atoms with Gasteiger partial charge in [0.25, 0.3) is 10.0 Å². The molecule has 0 saturated carbocycles. The third kappa shape index (κ3) is 8.30. The summed E-state index contributed by atoms with van der Waals surface area (Å²) in [5, 5.41) is 2.86. The van der Waals surface area contributed by atoms with Gasteiger partial charge in [0.2, 0.25) is 5.91 Å². The summed E-state index contributed by atoms with van der Waals surface area (Å²) in [6.45, 7) is 2.55. The molecule has 0 heterocycles. The number of sulfonamides is 1. The number of nitrogens with zero attached hydrogens (tertiary/aromatic N) is 1. The summed E-state index contributed by atoms with van der Waals surface area (Å²) < 4.78 is 34.2. The van der Waals surface area contributed by atoms with Crippen LogP contribution in [0.25, 0.3) is 0 Å². The van der Waals surface area contributed by atoms with Gasteiger partial charge in [-0.15, -0.1) is 0 Å². The van der Waals surface area contributed by atoms with Gasteiger partial charge in [-0.3, -0.25) is 9.10 Å². The van der Waals surface area contributed by atoms with Crippen molar-refractivity contribution >= 4 is 49.3 Å². The summed E-state index contributed by atoms with van der Waals surface area (Å²) in [6, 6.07) is 23.3. The molecule has 0 aliphatic heterocycles. The maximum atomic E-state index is 13.4. The number of amides is 1. The van der Waals surface area contributed by atoms with Gasteiger partial charge in [0.1, 0.15) is 12.3 Å². The van der Waals surface area contributed by atoms with E-state index in [4.69, 9.17) is 4.74 Å². The number of anilines is 1. The molecule has 0 saturated heterocycles. The lowest BCUT2D eigenvalue weighted by molar-refractivity contribution is -0.119. The monoisotopic (exact) mass is 576 g/mol. The van der Waals surface area contributed by atoms with E-state index in [-0.39, 0.29) is 17.3 Å². The molecule has 0 atom stereocenters. The van der Waals surface area contributed by atoms with Gasteiger partial charge in [0, 0.05) is 16.8 Å². The van der Waals surface area contributed by atoms with Crippen molar-refractivity contribution in [2.24, 2.45) is 0 Å². The van der Waals surface area contributed by atoms with Crippen molar-refractivity contribution in [1.29, 1.82) is 0 Å². The number of benzene rings is 3. The Morgan fingerprint density at radius 3 is 2.34 bits per heavy atom. The topological polar surface area (TPSA) is 75.7 Å². The van der Waals surface area contributed by atoms with E-state index in [2.05, 4.69) is 33.4 Å². The predicted molar refractivity (Wildman–Crippen MR) is 147 cm³/mol. The minimum absolute atomic E-state index is 0.111. The lowest BCUT2D eigenvalue weighted by Crippen LogP contribution is -2.41. The van der Waals surface area contributed by atoms with Gasteiger partial charge in [-0.1, -0.05) is 46.3 Å². The van der Waals surface area contributed by atoms with E-state index < -0.39 is 10.0 Å². The molecule has 0 radical (unpaired) electrons. The number of halogens is 1. The van der Waals surface area contributed by atoms with Crippen molar-refractivity contribution < 1.29 is 17.9 Å². The van der Waals surface area contributed by atoms with Crippen LogP contribution >= 0.6 is 27.7 Å². The molecule has 35 heavy (non-hydrogen) atoms. The van der Waals surface area contributed by atoms with Crippen LogP contribution < -0.4 is 14.4 Å². The van der Waals surface area contributed by atoms with Crippen LogP contribution in [0.5, 0.6) is 5.75 Å². The molecule has 9 heteroatoms. The van der Waals surface area contributed by atoms with E-state index in [1.165, 1.54) is 17.7 Å². The summed E-state index contributed by atoms with van der Waals surface area (Å²) in [5.41, 5.74) is 1.66. The fourth-order valence-corrected chi connectivity index (χ4v) is 5.88. The van der Waals surface area contributed by atoms with Crippen molar-refractivity contribution in [3.05, 3.63) is 88.9 Å². The Hall–Kier alpha value is -2.49. The molecular formula is C26H29BrN2O4S2. The fourth-order valence-electron chi connectivity index (χ4n) is 3.28. The Morgan fingerprint density at radius 1 is 1.00 bits per heavy atom. The van der Waals surface area contributed by atoms with Crippen LogP contribution in [0.3, 0.4) is 0 Å². The maximum Gasteiger partial charge on any atom is 0.264 e.